The highest BCUT2D eigenvalue weighted by Crippen LogP contribution is 2.39. The van der Waals surface area contributed by atoms with Crippen molar-refractivity contribution in [1.82, 2.24) is 0 Å². The second kappa shape index (κ2) is 6.80. The maximum absolute atomic E-state index is 9.90. The predicted octanol–water partition coefficient (Wildman–Crippen LogP) is 3.82. The number of hydrogen-bond donors (Lipinski definition) is 1. The van der Waals surface area contributed by atoms with E-state index in [0.717, 1.165) is 12.5 Å². The lowest BCUT2D eigenvalue weighted by molar-refractivity contribution is 0.190. The Balaban J connectivity index is 2.64. The first-order valence-electron chi connectivity index (χ1n) is 8.17. The Bertz CT molecular complexity index is 530. The number of aliphatic hydroxyl groups excluding tert-OH is 1. The summed E-state index contributed by atoms with van der Waals surface area (Å²) in [5, 5.41) is 13.0. The Morgan fingerprint density at radius 1 is 0.864 bits per heavy atom. The normalized spacial score (nSPS) is 13.9. The van der Waals surface area contributed by atoms with Crippen molar-refractivity contribution in [3.8, 4) is 0 Å². The van der Waals surface area contributed by atoms with Gasteiger partial charge in [-0.25, -0.2) is 0 Å². The molecule has 0 aliphatic rings. The van der Waals surface area contributed by atoms with Crippen molar-refractivity contribution >= 4 is 18.4 Å². The van der Waals surface area contributed by atoms with Gasteiger partial charge in [-0.2, -0.15) is 0 Å². The molecular weight excluding hydrogens is 284 g/mol. The fourth-order valence-electron chi connectivity index (χ4n) is 3.57. The van der Waals surface area contributed by atoms with Crippen LogP contribution in [0.25, 0.3) is 0 Å². The standard InChI is InChI=1S/C20H28OSi/c1-17(21)15-16-22(20(2,3)4,18-11-7-5-8-12-18)19-13-9-6-10-14-19/h5-14,17,21H,15-16H2,1-4H3. The van der Waals surface area contributed by atoms with Crippen LogP contribution in [-0.4, -0.2) is 19.3 Å². The maximum Gasteiger partial charge on any atom is 0.123 e. The molecule has 0 aliphatic carbocycles. The van der Waals surface area contributed by atoms with Crippen LogP contribution in [0.2, 0.25) is 11.1 Å². The van der Waals surface area contributed by atoms with Gasteiger partial charge < -0.3 is 5.11 Å². The maximum atomic E-state index is 9.90. The number of hydrogen-bond acceptors (Lipinski definition) is 1. The van der Waals surface area contributed by atoms with Gasteiger partial charge in [0.2, 0.25) is 0 Å². The van der Waals surface area contributed by atoms with E-state index >= 15 is 0 Å². The summed E-state index contributed by atoms with van der Waals surface area (Å²) < 4.78 is 0. The molecule has 0 radical (unpaired) electrons. The molecule has 0 saturated carbocycles. The van der Waals surface area contributed by atoms with Gasteiger partial charge in [-0.05, 0) is 24.4 Å². The highest BCUT2D eigenvalue weighted by molar-refractivity contribution is 7.04. The zero-order valence-corrected chi connectivity index (χ0v) is 15.2. The molecule has 2 aromatic rings. The lowest BCUT2D eigenvalue weighted by Crippen LogP contribution is -2.64. The number of rotatable bonds is 5. The molecule has 2 rings (SSSR count). The lowest BCUT2D eigenvalue weighted by atomic mass is 10.2. The Kier molecular flexibility index (Phi) is 5.25. The highest BCUT2D eigenvalue weighted by Gasteiger charge is 2.46. The molecule has 1 N–H and O–H groups in total. The van der Waals surface area contributed by atoms with E-state index < -0.39 is 8.07 Å². The summed E-state index contributed by atoms with van der Waals surface area (Å²) in [6.07, 6.45) is 0.606. The summed E-state index contributed by atoms with van der Waals surface area (Å²) in [6, 6.07) is 23.0. The third-order valence-electron chi connectivity index (χ3n) is 4.75. The fourth-order valence-corrected chi connectivity index (χ4v) is 9.33. The summed E-state index contributed by atoms with van der Waals surface area (Å²) in [6.45, 7) is 8.99. The fraction of sp³-hybridized carbons (Fsp3) is 0.400. The molecule has 0 spiro atoms. The van der Waals surface area contributed by atoms with Crippen LogP contribution in [-0.2, 0) is 0 Å². The van der Waals surface area contributed by atoms with Crippen molar-refractivity contribution in [2.45, 2.75) is 51.3 Å². The first-order valence-corrected chi connectivity index (χ1v) is 10.4. The Labute approximate surface area is 136 Å². The average Bonchev–Trinajstić information content (AvgIpc) is 2.48. The van der Waals surface area contributed by atoms with Crippen molar-refractivity contribution in [3.05, 3.63) is 60.7 Å². The number of benzene rings is 2. The Morgan fingerprint density at radius 3 is 1.59 bits per heavy atom. The molecule has 0 aromatic heterocycles. The summed E-state index contributed by atoms with van der Waals surface area (Å²) in [5.74, 6) is 0. The van der Waals surface area contributed by atoms with E-state index in [2.05, 4.69) is 81.4 Å². The second-order valence-corrected chi connectivity index (χ2v) is 12.2. The molecule has 0 amide bonds. The predicted molar refractivity (Wildman–Crippen MR) is 98.7 cm³/mol. The Hall–Kier alpha value is -1.38. The summed E-state index contributed by atoms with van der Waals surface area (Å²) in [7, 11) is -1.97. The quantitative estimate of drug-likeness (QED) is 0.832. The van der Waals surface area contributed by atoms with Crippen LogP contribution >= 0.6 is 0 Å². The molecule has 0 fully saturated rings. The van der Waals surface area contributed by atoms with E-state index in [1.54, 1.807) is 0 Å². The van der Waals surface area contributed by atoms with E-state index in [-0.39, 0.29) is 11.1 Å². The minimum atomic E-state index is -1.97. The first kappa shape index (κ1) is 17.0. The monoisotopic (exact) mass is 312 g/mol. The van der Waals surface area contributed by atoms with Crippen LogP contribution in [0.5, 0.6) is 0 Å². The Morgan fingerprint density at radius 2 is 1.27 bits per heavy atom. The summed E-state index contributed by atoms with van der Waals surface area (Å²) >= 11 is 0. The van der Waals surface area contributed by atoms with E-state index in [9.17, 15) is 5.11 Å². The minimum Gasteiger partial charge on any atom is -0.393 e. The molecule has 1 atom stereocenters. The molecule has 0 saturated heterocycles. The average molecular weight is 313 g/mol. The van der Waals surface area contributed by atoms with Crippen molar-refractivity contribution in [2.24, 2.45) is 0 Å². The van der Waals surface area contributed by atoms with Gasteiger partial charge in [-0.3, -0.25) is 0 Å². The molecule has 0 aliphatic heterocycles. The zero-order chi connectivity index (χ0) is 16.2. The molecule has 0 heterocycles. The van der Waals surface area contributed by atoms with Crippen LogP contribution in [0.1, 0.15) is 34.1 Å². The van der Waals surface area contributed by atoms with Crippen LogP contribution in [0.15, 0.2) is 60.7 Å². The van der Waals surface area contributed by atoms with Gasteiger partial charge >= 0.3 is 0 Å². The highest BCUT2D eigenvalue weighted by atomic mass is 28.3. The van der Waals surface area contributed by atoms with Gasteiger partial charge in [0.15, 0.2) is 0 Å². The van der Waals surface area contributed by atoms with Gasteiger partial charge in [-0.15, -0.1) is 0 Å². The molecule has 2 aromatic carbocycles. The summed E-state index contributed by atoms with van der Waals surface area (Å²) in [4.78, 5) is 0. The van der Waals surface area contributed by atoms with Crippen molar-refractivity contribution in [2.75, 3.05) is 0 Å². The third-order valence-corrected chi connectivity index (χ3v) is 11.0. The van der Waals surface area contributed by atoms with Gasteiger partial charge in [0.25, 0.3) is 0 Å². The van der Waals surface area contributed by atoms with Crippen molar-refractivity contribution < 1.29 is 5.11 Å². The number of aliphatic hydroxyl groups is 1. The van der Waals surface area contributed by atoms with E-state index in [4.69, 9.17) is 0 Å². The molecular formula is C20H28OSi. The van der Waals surface area contributed by atoms with E-state index in [1.165, 1.54) is 10.4 Å². The summed E-state index contributed by atoms with van der Waals surface area (Å²) in [5.41, 5.74) is 0. The molecule has 0 bridgehead atoms. The molecule has 1 nitrogen and oxygen atoms in total. The van der Waals surface area contributed by atoms with Gasteiger partial charge in [-0.1, -0.05) is 91.8 Å². The van der Waals surface area contributed by atoms with Gasteiger partial charge in [0.1, 0.15) is 8.07 Å². The topological polar surface area (TPSA) is 20.2 Å². The van der Waals surface area contributed by atoms with Gasteiger partial charge in [0.05, 0.1) is 6.10 Å². The zero-order valence-electron chi connectivity index (χ0n) is 14.2. The molecule has 2 heteroatoms. The van der Waals surface area contributed by atoms with Crippen LogP contribution in [0.4, 0.5) is 0 Å². The van der Waals surface area contributed by atoms with Crippen LogP contribution in [0.3, 0.4) is 0 Å². The second-order valence-electron chi connectivity index (χ2n) is 7.28. The van der Waals surface area contributed by atoms with Crippen LogP contribution in [0, 0.1) is 0 Å². The SMILES string of the molecule is CC(O)CC[Si](c1ccccc1)(c1ccccc1)C(C)(C)C. The first-order chi connectivity index (χ1) is 10.4. The molecule has 118 valence electrons. The van der Waals surface area contributed by atoms with Crippen molar-refractivity contribution in [1.29, 1.82) is 0 Å². The minimum absolute atomic E-state index is 0.185. The van der Waals surface area contributed by atoms with Crippen LogP contribution < -0.4 is 10.4 Å². The van der Waals surface area contributed by atoms with E-state index in [1.807, 2.05) is 6.92 Å². The smallest absolute Gasteiger partial charge is 0.123 e. The van der Waals surface area contributed by atoms with E-state index in [0.29, 0.717) is 0 Å². The third kappa shape index (κ3) is 3.34. The largest absolute Gasteiger partial charge is 0.393 e. The molecule has 1 unspecified atom stereocenters. The van der Waals surface area contributed by atoms with Crippen molar-refractivity contribution in [3.63, 3.8) is 0 Å². The molecule has 22 heavy (non-hydrogen) atoms. The van der Waals surface area contributed by atoms with Gasteiger partial charge in [0, 0.05) is 0 Å². The lowest BCUT2D eigenvalue weighted by Gasteiger charge is -2.44.